The number of thiophene rings is 1. The number of amides is 2. The number of aryl methyl sites for hydroxylation is 2. The van der Waals surface area contributed by atoms with Crippen molar-refractivity contribution in [1.82, 2.24) is 0 Å². The molecular weight excluding hydrogens is 324 g/mol. The molecule has 24 heavy (non-hydrogen) atoms. The summed E-state index contributed by atoms with van der Waals surface area (Å²) in [5.74, 6) is 0.232. The van der Waals surface area contributed by atoms with Crippen molar-refractivity contribution in [2.24, 2.45) is 5.73 Å². The molecule has 2 amide bonds. The Labute approximate surface area is 144 Å². The number of nitrogens with one attached hydrogen (secondary N) is 1. The van der Waals surface area contributed by atoms with E-state index in [1.807, 2.05) is 24.3 Å². The van der Waals surface area contributed by atoms with Gasteiger partial charge in [-0.15, -0.1) is 11.3 Å². The summed E-state index contributed by atoms with van der Waals surface area (Å²) in [5.41, 5.74) is 8.10. The van der Waals surface area contributed by atoms with Crippen LogP contribution in [0.1, 0.15) is 39.2 Å². The minimum Gasteiger partial charge on any atom is -0.497 e. The van der Waals surface area contributed by atoms with Crippen molar-refractivity contribution in [3.63, 3.8) is 0 Å². The van der Waals surface area contributed by atoms with Gasteiger partial charge in [0.2, 0.25) is 5.91 Å². The molecule has 3 rings (SSSR count). The van der Waals surface area contributed by atoms with E-state index in [9.17, 15) is 9.59 Å². The molecular formula is C18H20N2O3S. The van der Waals surface area contributed by atoms with Crippen LogP contribution in [0, 0.1) is 0 Å². The standard InChI is InChI=1S/C18H20N2O3S/c1-23-12-8-5-11(6-9-12)7-10-15(21)20-18-16(17(19)22)13-3-2-4-14(13)24-18/h5-6,8-9H,2-4,7,10H2,1H3,(H2,19,22)(H,20,21). The average Bonchev–Trinajstić information content (AvgIpc) is 3.13. The van der Waals surface area contributed by atoms with E-state index in [1.54, 1.807) is 7.11 Å². The van der Waals surface area contributed by atoms with E-state index >= 15 is 0 Å². The van der Waals surface area contributed by atoms with E-state index in [0.717, 1.165) is 36.1 Å². The molecule has 126 valence electrons. The molecule has 0 spiro atoms. The molecule has 5 nitrogen and oxygen atoms in total. The summed E-state index contributed by atoms with van der Waals surface area (Å²) in [7, 11) is 1.62. The highest BCUT2D eigenvalue weighted by atomic mass is 32.1. The molecule has 0 aliphatic heterocycles. The summed E-state index contributed by atoms with van der Waals surface area (Å²) in [6.07, 6.45) is 3.86. The number of nitrogens with two attached hydrogens (primary N) is 1. The van der Waals surface area contributed by atoms with Gasteiger partial charge in [0.1, 0.15) is 10.8 Å². The van der Waals surface area contributed by atoms with Crippen LogP contribution in [0.5, 0.6) is 5.75 Å². The number of rotatable bonds is 6. The Hall–Kier alpha value is -2.34. The minimum absolute atomic E-state index is 0.103. The van der Waals surface area contributed by atoms with Crippen molar-refractivity contribution in [2.45, 2.75) is 32.1 Å². The lowest BCUT2D eigenvalue weighted by Gasteiger charge is -2.07. The number of hydrogen-bond donors (Lipinski definition) is 2. The molecule has 6 heteroatoms. The van der Waals surface area contributed by atoms with Gasteiger partial charge in [-0.3, -0.25) is 9.59 Å². The van der Waals surface area contributed by atoms with E-state index in [4.69, 9.17) is 10.5 Å². The first-order valence-corrected chi connectivity index (χ1v) is 8.77. The summed E-state index contributed by atoms with van der Waals surface area (Å²) in [5, 5.41) is 3.47. The van der Waals surface area contributed by atoms with E-state index in [2.05, 4.69) is 5.32 Å². The fraction of sp³-hybridized carbons (Fsp3) is 0.333. The Kier molecular flexibility index (Phi) is 4.85. The third kappa shape index (κ3) is 3.43. The predicted octanol–water partition coefficient (Wildman–Crippen LogP) is 2.92. The highest BCUT2D eigenvalue weighted by Crippen LogP contribution is 2.38. The maximum atomic E-state index is 12.2. The fourth-order valence-electron chi connectivity index (χ4n) is 2.99. The van der Waals surface area contributed by atoms with Gasteiger partial charge in [-0.2, -0.15) is 0 Å². The molecule has 0 saturated carbocycles. The molecule has 2 aromatic rings. The van der Waals surface area contributed by atoms with Gasteiger partial charge in [0, 0.05) is 11.3 Å². The molecule has 0 atom stereocenters. The molecule has 1 aromatic carbocycles. The Morgan fingerprint density at radius 1 is 1.25 bits per heavy atom. The number of methoxy groups -OCH3 is 1. The molecule has 1 aliphatic carbocycles. The maximum Gasteiger partial charge on any atom is 0.251 e. The van der Waals surface area contributed by atoms with Gasteiger partial charge in [0.15, 0.2) is 0 Å². The van der Waals surface area contributed by atoms with Gasteiger partial charge in [-0.25, -0.2) is 0 Å². The van der Waals surface area contributed by atoms with Crippen LogP contribution in [0.25, 0.3) is 0 Å². The topological polar surface area (TPSA) is 81.4 Å². The van der Waals surface area contributed by atoms with Crippen LogP contribution in [-0.4, -0.2) is 18.9 Å². The van der Waals surface area contributed by atoms with Crippen LogP contribution in [0.2, 0.25) is 0 Å². The first kappa shape index (κ1) is 16.5. The highest BCUT2D eigenvalue weighted by molar-refractivity contribution is 7.17. The maximum absolute atomic E-state index is 12.2. The van der Waals surface area contributed by atoms with Gasteiger partial charge in [0.05, 0.1) is 12.7 Å². The molecule has 0 radical (unpaired) electrons. The second-order valence-electron chi connectivity index (χ2n) is 5.82. The fourth-order valence-corrected chi connectivity index (χ4v) is 4.30. The van der Waals surface area contributed by atoms with Crippen molar-refractivity contribution >= 4 is 28.2 Å². The number of anilines is 1. The number of ether oxygens (including phenoxy) is 1. The van der Waals surface area contributed by atoms with Crippen LogP contribution in [0.3, 0.4) is 0 Å². The first-order valence-electron chi connectivity index (χ1n) is 7.95. The van der Waals surface area contributed by atoms with Crippen molar-refractivity contribution in [3.8, 4) is 5.75 Å². The lowest BCUT2D eigenvalue weighted by Crippen LogP contribution is -2.18. The van der Waals surface area contributed by atoms with Gasteiger partial charge in [-0.05, 0) is 48.9 Å². The van der Waals surface area contributed by atoms with Crippen molar-refractivity contribution in [2.75, 3.05) is 12.4 Å². The summed E-state index contributed by atoms with van der Waals surface area (Å²) in [6, 6.07) is 7.64. The van der Waals surface area contributed by atoms with Crippen molar-refractivity contribution in [1.29, 1.82) is 0 Å². The third-order valence-corrected chi connectivity index (χ3v) is 5.43. The van der Waals surface area contributed by atoms with E-state index in [0.29, 0.717) is 23.4 Å². The number of benzene rings is 1. The average molecular weight is 344 g/mol. The quantitative estimate of drug-likeness (QED) is 0.845. The Bertz CT molecular complexity index is 765. The zero-order valence-corrected chi connectivity index (χ0v) is 14.4. The van der Waals surface area contributed by atoms with E-state index in [1.165, 1.54) is 16.2 Å². The zero-order valence-electron chi connectivity index (χ0n) is 13.6. The largest absolute Gasteiger partial charge is 0.497 e. The lowest BCUT2D eigenvalue weighted by molar-refractivity contribution is -0.116. The number of carbonyl (C=O) groups excluding carboxylic acids is 2. The predicted molar refractivity (Wildman–Crippen MR) is 94.8 cm³/mol. The normalized spacial score (nSPS) is 12.7. The molecule has 0 bridgehead atoms. The van der Waals surface area contributed by atoms with E-state index in [-0.39, 0.29) is 5.91 Å². The molecule has 0 unspecified atom stereocenters. The molecule has 1 heterocycles. The van der Waals surface area contributed by atoms with Gasteiger partial charge >= 0.3 is 0 Å². The van der Waals surface area contributed by atoms with Crippen LogP contribution < -0.4 is 15.8 Å². The Balaban J connectivity index is 1.64. The monoisotopic (exact) mass is 344 g/mol. The first-order chi connectivity index (χ1) is 11.6. The molecule has 1 aliphatic rings. The van der Waals surface area contributed by atoms with Crippen molar-refractivity contribution < 1.29 is 14.3 Å². The number of fused-ring (bicyclic) bond motifs is 1. The molecule has 1 aromatic heterocycles. The van der Waals surface area contributed by atoms with Crippen LogP contribution in [0.4, 0.5) is 5.00 Å². The number of hydrogen-bond acceptors (Lipinski definition) is 4. The lowest BCUT2D eigenvalue weighted by atomic mass is 10.1. The van der Waals surface area contributed by atoms with Crippen LogP contribution >= 0.6 is 11.3 Å². The van der Waals surface area contributed by atoms with Crippen LogP contribution in [-0.2, 0) is 24.1 Å². The summed E-state index contributed by atoms with van der Waals surface area (Å²) >= 11 is 1.48. The van der Waals surface area contributed by atoms with E-state index < -0.39 is 5.91 Å². The third-order valence-electron chi connectivity index (χ3n) is 4.22. The summed E-state index contributed by atoms with van der Waals surface area (Å²) in [6.45, 7) is 0. The van der Waals surface area contributed by atoms with Crippen molar-refractivity contribution in [3.05, 3.63) is 45.8 Å². The van der Waals surface area contributed by atoms with Gasteiger partial charge in [0.25, 0.3) is 5.91 Å². The SMILES string of the molecule is COc1ccc(CCC(=O)Nc2sc3c(c2C(N)=O)CCC3)cc1. The zero-order chi connectivity index (χ0) is 17.1. The van der Waals surface area contributed by atoms with Crippen LogP contribution in [0.15, 0.2) is 24.3 Å². The molecule has 3 N–H and O–H groups in total. The molecule has 0 fully saturated rings. The number of primary amides is 1. The second kappa shape index (κ2) is 7.05. The Morgan fingerprint density at radius 2 is 2.00 bits per heavy atom. The molecule has 0 saturated heterocycles. The van der Waals surface area contributed by atoms with Gasteiger partial charge in [-0.1, -0.05) is 12.1 Å². The Morgan fingerprint density at radius 3 is 2.67 bits per heavy atom. The minimum atomic E-state index is -0.458. The second-order valence-corrected chi connectivity index (χ2v) is 6.93. The number of carbonyl (C=O) groups is 2. The highest BCUT2D eigenvalue weighted by Gasteiger charge is 2.25. The summed E-state index contributed by atoms with van der Waals surface area (Å²) < 4.78 is 5.12. The summed E-state index contributed by atoms with van der Waals surface area (Å²) in [4.78, 5) is 25.1. The smallest absolute Gasteiger partial charge is 0.251 e. The van der Waals surface area contributed by atoms with Gasteiger partial charge < -0.3 is 15.8 Å².